The summed E-state index contributed by atoms with van der Waals surface area (Å²) in [7, 11) is 0. The molecule has 0 amide bonds. The number of thioether (sulfide) groups is 1. The molecule has 0 unspecified atom stereocenters. The average Bonchev–Trinajstić information content (AvgIpc) is 1.78. The molecule has 0 fully saturated rings. The second-order valence-corrected chi connectivity index (χ2v) is 6.52. The monoisotopic (exact) mass is 186 g/mol. The molecule has 0 atom stereocenters. The first-order valence-electron chi connectivity index (χ1n) is 4.04. The van der Waals surface area contributed by atoms with Gasteiger partial charge in [-0.3, -0.25) is 0 Å². The van der Waals surface area contributed by atoms with Crippen molar-refractivity contribution < 1.29 is 4.74 Å². The van der Waals surface area contributed by atoms with E-state index >= 15 is 0 Å². The third-order valence-electron chi connectivity index (χ3n) is 1.06. The molecule has 0 aliphatic rings. The Kier molecular flexibility index (Phi) is 4.16. The van der Waals surface area contributed by atoms with E-state index in [1.165, 1.54) is 0 Å². The van der Waals surface area contributed by atoms with Crippen LogP contribution in [-0.4, -0.2) is 16.3 Å². The van der Waals surface area contributed by atoms with Crippen molar-refractivity contribution in [3.05, 3.63) is 0 Å². The van der Waals surface area contributed by atoms with Gasteiger partial charge in [-0.05, 0) is 13.8 Å². The van der Waals surface area contributed by atoms with Crippen molar-refractivity contribution in [1.29, 1.82) is 0 Å². The van der Waals surface area contributed by atoms with E-state index in [1.807, 2.05) is 13.8 Å². The smallest absolute Gasteiger partial charge is 0.109 e. The minimum Gasteiger partial charge on any atom is -0.352 e. The lowest BCUT2D eigenvalue weighted by Gasteiger charge is -2.31. The van der Waals surface area contributed by atoms with Crippen LogP contribution in [0.3, 0.4) is 0 Å². The second kappa shape index (κ2) is 4.20. The largest absolute Gasteiger partial charge is 0.352 e. The summed E-state index contributed by atoms with van der Waals surface area (Å²) in [5.74, 6) is 2.47. The molecular formula is C10H18OS. The first kappa shape index (κ1) is 11.9. The van der Waals surface area contributed by atoms with Crippen LogP contribution in [0.4, 0.5) is 0 Å². The zero-order valence-electron chi connectivity index (χ0n) is 8.60. The third-order valence-corrected chi connectivity index (χ3v) is 2.28. The van der Waals surface area contributed by atoms with Gasteiger partial charge in [0.15, 0.2) is 0 Å². The fourth-order valence-electron chi connectivity index (χ4n) is 0.982. The Morgan fingerprint density at radius 1 is 1.25 bits per heavy atom. The molecule has 0 heterocycles. The van der Waals surface area contributed by atoms with Crippen molar-refractivity contribution >= 4 is 11.8 Å². The summed E-state index contributed by atoms with van der Waals surface area (Å²) < 4.78 is 5.69. The molecule has 0 saturated carbocycles. The minimum atomic E-state index is -0.190. The van der Waals surface area contributed by atoms with E-state index in [1.54, 1.807) is 11.8 Å². The van der Waals surface area contributed by atoms with Crippen LogP contribution in [0.25, 0.3) is 0 Å². The van der Waals surface area contributed by atoms with Gasteiger partial charge in [0, 0.05) is 4.75 Å². The van der Waals surface area contributed by atoms with Crippen molar-refractivity contribution in [2.45, 2.75) is 44.3 Å². The average molecular weight is 186 g/mol. The van der Waals surface area contributed by atoms with Crippen molar-refractivity contribution in [2.75, 3.05) is 6.61 Å². The predicted molar refractivity (Wildman–Crippen MR) is 56.2 cm³/mol. The Bertz CT molecular complexity index is 171. The maximum Gasteiger partial charge on any atom is 0.109 e. The van der Waals surface area contributed by atoms with Gasteiger partial charge in [0.2, 0.25) is 0 Å². The van der Waals surface area contributed by atoms with Gasteiger partial charge in [-0.15, -0.1) is 18.2 Å². The van der Waals surface area contributed by atoms with Gasteiger partial charge in [0.25, 0.3) is 0 Å². The number of terminal acetylenes is 1. The van der Waals surface area contributed by atoms with Crippen LogP contribution in [-0.2, 0) is 4.74 Å². The molecule has 0 bridgehead atoms. The van der Waals surface area contributed by atoms with E-state index in [-0.39, 0.29) is 9.68 Å². The zero-order chi connectivity index (χ0) is 9.83. The van der Waals surface area contributed by atoms with Gasteiger partial charge in [0.1, 0.15) is 11.5 Å². The van der Waals surface area contributed by atoms with Gasteiger partial charge in [-0.1, -0.05) is 26.7 Å². The Morgan fingerprint density at radius 2 is 1.75 bits per heavy atom. The van der Waals surface area contributed by atoms with Gasteiger partial charge in [-0.2, -0.15) is 0 Å². The molecule has 0 rings (SSSR count). The van der Waals surface area contributed by atoms with Crippen LogP contribution >= 0.6 is 11.8 Å². The van der Waals surface area contributed by atoms with Crippen molar-refractivity contribution in [2.24, 2.45) is 0 Å². The van der Waals surface area contributed by atoms with E-state index in [0.717, 1.165) is 0 Å². The summed E-state index contributed by atoms with van der Waals surface area (Å²) in [5, 5.41) is 0. The van der Waals surface area contributed by atoms with E-state index in [4.69, 9.17) is 11.2 Å². The number of rotatable bonds is 3. The van der Waals surface area contributed by atoms with Crippen LogP contribution in [0.5, 0.6) is 0 Å². The standard InChI is InChI=1S/C10H18OS/c1-7-8-11-10(5,6)12-9(2,3)4/h1H,8H2,2-6H3. The Labute approximate surface area is 80.3 Å². The molecule has 12 heavy (non-hydrogen) atoms. The molecule has 1 nitrogen and oxygen atoms in total. The first-order valence-corrected chi connectivity index (χ1v) is 4.86. The quantitative estimate of drug-likeness (QED) is 0.495. The van der Waals surface area contributed by atoms with Crippen LogP contribution in [0.2, 0.25) is 0 Å². The fraction of sp³-hybridized carbons (Fsp3) is 0.800. The highest BCUT2D eigenvalue weighted by Crippen LogP contribution is 2.36. The number of ether oxygens (including phenoxy) is 1. The summed E-state index contributed by atoms with van der Waals surface area (Å²) in [5.41, 5.74) is 0. The lowest BCUT2D eigenvalue weighted by Crippen LogP contribution is -2.26. The number of hydrogen-bond acceptors (Lipinski definition) is 2. The van der Waals surface area contributed by atoms with Gasteiger partial charge in [-0.25, -0.2) is 0 Å². The molecule has 0 aromatic carbocycles. The van der Waals surface area contributed by atoms with Crippen LogP contribution in [0.1, 0.15) is 34.6 Å². The molecule has 70 valence electrons. The maximum atomic E-state index is 5.48. The van der Waals surface area contributed by atoms with E-state index in [2.05, 4.69) is 26.7 Å². The molecule has 0 aliphatic heterocycles. The van der Waals surface area contributed by atoms with Gasteiger partial charge >= 0.3 is 0 Å². The highest BCUT2D eigenvalue weighted by molar-refractivity contribution is 8.01. The lowest BCUT2D eigenvalue weighted by atomic mass is 10.3. The van der Waals surface area contributed by atoms with E-state index in [0.29, 0.717) is 6.61 Å². The van der Waals surface area contributed by atoms with Crippen molar-refractivity contribution in [3.8, 4) is 12.3 Å². The highest BCUT2D eigenvalue weighted by Gasteiger charge is 2.26. The van der Waals surface area contributed by atoms with Crippen LogP contribution < -0.4 is 0 Å². The Balaban J connectivity index is 3.97. The fourth-order valence-corrected chi connectivity index (χ4v) is 2.57. The van der Waals surface area contributed by atoms with Crippen molar-refractivity contribution in [1.82, 2.24) is 0 Å². The summed E-state index contributed by atoms with van der Waals surface area (Å²) in [6, 6.07) is 0. The molecule has 2 heteroatoms. The molecule has 0 saturated heterocycles. The Hall–Kier alpha value is -0.130. The summed E-state index contributed by atoms with van der Waals surface area (Å²) in [4.78, 5) is -0.190. The molecule has 0 aliphatic carbocycles. The SMILES string of the molecule is C#CCOC(C)(C)SC(C)(C)C. The molecule has 0 N–H and O–H groups in total. The lowest BCUT2D eigenvalue weighted by molar-refractivity contribution is 0.0770. The molecule has 0 aromatic rings. The highest BCUT2D eigenvalue weighted by atomic mass is 32.2. The summed E-state index contributed by atoms with van der Waals surface area (Å²) >= 11 is 1.78. The maximum absolute atomic E-state index is 5.48. The van der Waals surface area contributed by atoms with Crippen molar-refractivity contribution in [3.63, 3.8) is 0 Å². The topological polar surface area (TPSA) is 9.23 Å². The Morgan fingerprint density at radius 3 is 2.08 bits per heavy atom. The zero-order valence-corrected chi connectivity index (χ0v) is 9.42. The molecule has 0 spiro atoms. The van der Waals surface area contributed by atoms with E-state index in [9.17, 15) is 0 Å². The first-order chi connectivity index (χ1) is 5.27. The minimum absolute atomic E-state index is 0.190. The van der Waals surface area contributed by atoms with Gasteiger partial charge in [0.05, 0.1) is 0 Å². The summed E-state index contributed by atoms with van der Waals surface area (Å²) in [6.07, 6.45) is 5.12. The normalized spacial score (nSPS) is 12.7. The third kappa shape index (κ3) is 6.57. The van der Waals surface area contributed by atoms with Crippen LogP contribution in [0.15, 0.2) is 0 Å². The van der Waals surface area contributed by atoms with Gasteiger partial charge < -0.3 is 4.74 Å². The van der Waals surface area contributed by atoms with E-state index < -0.39 is 0 Å². The molecule has 0 radical (unpaired) electrons. The van der Waals surface area contributed by atoms with Crippen LogP contribution in [0, 0.1) is 12.3 Å². The second-order valence-electron chi connectivity index (χ2n) is 4.11. The number of hydrogen-bond donors (Lipinski definition) is 0. The predicted octanol–water partition coefficient (Wildman–Crippen LogP) is 2.90. The molecule has 0 aromatic heterocycles. The molecular weight excluding hydrogens is 168 g/mol. The summed E-state index contributed by atoms with van der Waals surface area (Å²) in [6.45, 7) is 11.0.